The fourth-order valence-electron chi connectivity index (χ4n) is 2.41. The van der Waals surface area contributed by atoms with Gasteiger partial charge in [-0.05, 0) is 36.8 Å². The molecular formula is C18H20N2O2S. The summed E-state index contributed by atoms with van der Waals surface area (Å²) < 4.78 is 11.7. The van der Waals surface area contributed by atoms with Gasteiger partial charge in [-0.25, -0.2) is 0 Å². The minimum absolute atomic E-state index is 0.0409. The molecule has 0 saturated carbocycles. The van der Waals surface area contributed by atoms with E-state index >= 15 is 0 Å². The average molecular weight is 328 g/mol. The summed E-state index contributed by atoms with van der Waals surface area (Å²) in [6.45, 7) is 3.25. The highest BCUT2D eigenvalue weighted by atomic mass is 32.1. The summed E-state index contributed by atoms with van der Waals surface area (Å²) in [6, 6.07) is 17.9. The van der Waals surface area contributed by atoms with Crippen molar-refractivity contribution in [1.29, 1.82) is 0 Å². The van der Waals surface area contributed by atoms with E-state index in [1.165, 1.54) is 5.56 Å². The largest absolute Gasteiger partial charge is 0.486 e. The van der Waals surface area contributed by atoms with E-state index in [4.69, 9.17) is 21.7 Å². The molecule has 0 saturated heterocycles. The SMILES string of the molecule is C[C@@H](NC(=S)NCc1ccccc1)[C@H]1COc2ccccc2O1. The Morgan fingerprint density at radius 2 is 1.83 bits per heavy atom. The first-order valence-corrected chi connectivity index (χ1v) is 8.10. The van der Waals surface area contributed by atoms with Gasteiger partial charge in [-0.1, -0.05) is 42.5 Å². The Bertz CT molecular complexity index is 663. The van der Waals surface area contributed by atoms with E-state index in [1.54, 1.807) is 0 Å². The summed E-state index contributed by atoms with van der Waals surface area (Å²) >= 11 is 5.36. The Balaban J connectivity index is 1.49. The van der Waals surface area contributed by atoms with Gasteiger partial charge in [0.1, 0.15) is 6.61 Å². The highest BCUT2D eigenvalue weighted by molar-refractivity contribution is 7.80. The summed E-state index contributed by atoms with van der Waals surface area (Å²) in [6.07, 6.45) is -0.0821. The van der Waals surface area contributed by atoms with Gasteiger partial charge in [-0.2, -0.15) is 0 Å². The normalized spacial score (nSPS) is 17.2. The molecule has 0 spiro atoms. The molecule has 1 heterocycles. The molecule has 4 nitrogen and oxygen atoms in total. The van der Waals surface area contributed by atoms with Gasteiger partial charge < -0.3 is 20.1 Å². The van der Waals surface area contributed by atoms with E-state index in [2.05, 4.69) is 22.8 Å². The lowest BCUT2D eigenvalue weighted by Crippen LogP contribution is -2.50. The molecule has 5 heteroatoms. The summed E-state index contributed by atoms with van der Waals surface area (Å²) in [5.41, 5.74) is 1.19. The van der Waals surface area contributed by atoms with Crippen LogP contribution in [0.2, 0.25) is 0 Å². The lowest BCUT2D eigenvalue weighted by Gasteiger charge is -2.31. The number of ether oxygens (including phenoxy) is 2. The van der Waals surface area contributed by atoms with Gasteiger partial charge in [0, 0.05) is 6.54 Å². The molecular weight excluding hydrogens is 308 g/mol. The minimum atomic E-state index is -0.0821. The second-order valence-electron chi connectivity index (χ2n) is 5.52. The summed E-state index contributed by atoms with van der Waals surface area (Å²) in [7, 11) is 0. The highest BCUT2D eigenvalue weighted by Gasteiger charge is 2.26. The Kier molecular flexibility index (Phi) is 4.98. The van der Waals surface area contributed by atoms with E-state index in [0.717, 1.165) is 11.5 Å². The third kappa shape index (κ3) is 4.13. The van der Waals surface area contributed by atoms with Crippen molar-refractivity contribution in [1.82, 2.24) is 10.6 Å². The van der Waals surface area contributed by atoms with Crippen LogP contribution in [0.25, 0.3) is 0 Å². The van der Waals surface area contributed by atoms with Crippen molar-refractivity contribution in [3.63, 3.8) is 0 Å². The van der Waals surface area contributed by atoms with E-state index in [-0.39, 0.29) is 12.1 Å². The zero-order valence-electron chi connectivity index (χ0n) is 13.0. The van der Waals surface area contributed by atoms with Crippen molar-refractivity contribution >= 4 is 17.3 Å². The first-order valence-electron chi connectivity index (χ1n) is 7.69. The van der Waals surface area contributed by atoms with E-state index in [0.29, 0.717) is 18.3 Å². The van der Waals surface area contributed by atoms with Gasteiger partial charge in [0.2, 0.25) is 0 Å². The topological polar surface area (TPSA) is 42.5 Å². The summed E-state index contributed by atoms with van der Waals surface area (Å²) in [5.74, 6) is 1.57. The van der Waals surface area contributed by atoms with E-state index < -0.39 is 0 Å². The molecule has 2 atom stereocenters. The molecule has 2 N–H and O–H groups in total. The predicted molar refractivity (Wildman–Crippen MR) is 94.8 cm³/mol. The quantitative estimate of drug-likeness (QED) is 0.845. The number of hydrogen-bond donors (Lipinski definition) is 2. The van der Waals surface area contributed by atoms with Crippen LogP contribution >= 0.6 is 12.2 Å². The first-order chi connectivity index (χ1) is 11.2. The molecule has 3 rings (SSSR count). The van der Waals surface area contributed by atoms with Crippen LogP contribution in [0.1, 0.15) is 12.5 Å². The highest BCUT2D eigenvalue weighted by Crippen LogP contribution is 2.31. The number of rotatable bonds is 4. The van der Waals surface area contributed by atoms with Crippen LogP contribution in [0.3, 0.4) is 0 Å². The second-order valence-corrected chi connectivity index (χ2v) is 5.92. The van der Waals surface area contributed by atoms with Crippen LogP contribution in [-0.2, 0) is 6.54 Å². The van der Waals surface area contributed by atoms with Gasteiger partial charge in [-0.15, -0.1) is 0 Å². The molecule has 2 aromatic rings. The number of benzene rings is 2. The van der Waals surface area contributed by atoms with Crippen molar-refractivity contribution < 1.29 is 9.47 Å². The third-order valence-electron chi connectivity index (χ3n) is 3.74. The number of fused-ring (bicyclic) bond motifs is 1. The molecule has 0 aromatic heterocycles. The second kappa shape index (κ2) is 7.33. The van der Waals surface area contributed by atoms with Gasteiger partial charge >= 0.3 is 0 Å². The Labute approximate surface area is 141 Å². The van der Waals surface area contributed by atoms with E-state index in [9.17, 15) is 0 Å². The maximum Gasteiger partial charge on any atom is 0.166 e. The maximum absolute atomic E-state index is 5.98. The predicted octanol–water partition coefficient (Wildman–Crippen LogP) is 2.88. The molecule has 2 aromatic carbocycles. The number of hydrogen-bond acceptors (Lipinski definition) is 3. The Morgan fingerprint density at radius 3 is 2.61 bits per heavy atom. The number of nitrogens with one attached hydrogen (secondary N) is 2. The lowest BCUT2D eigenvalue weighted by atomic mass is 10.1. The van der Waals surface area contributed by atoms with Crippen molar-refractivity contribution in [3.8, 4) is 11.5 Å². The number of para-hydroxylation sites is 2. The van der Waals surface area contributed by atoms with Crippen molar-refractivity contribution in [2.24, 2.45) is 0 Å². The van der Waals surface area contributed by atoms with Crippen LogP contribution < -0.4 is 20.1 Å². The average Bonchev–Trinajstić information content (AvgIpc) is 2.60. The van der Waals surface area contributed by atoms with Crippen LogP contribution in [0.4, 0.5) is 0 Å². The van der Waals surface area contributed by atoms with Crippen molar-refractivity contribution in [2.45, 2.75) is 25.6 Å². The third-order valence-corrected chi connectivity index (χ3v) is 4.01. The van der Waals surface area contributed by atoms with Crippen LogP contribution in [-0.4, -0.2) is 23.9 Å². The molecule has 0 amide bonds. The standard InChI is InChI=1S/C18H20N2O2S/c1-13(17-12-21-15-9-5-6-10-16(15)22-17)20-18(23)19-11-14-7-3-2-4-8-14/h2-10,13,17H,11-12H2,1H3,(H2,19,20,23)/t13-,17-/m1/s1. The fraction of sp³-hybridized carbons (Fsp3) is 0.278. The van der Waals surface area contributed by atoms with E-state index in [1.807, 2.05) is 49.4 Å². The molecule has 0 radical (unpaired) electrons. The zero-order valence-corrected chi connectivity index (χ0v) is 13.8. The molecule has 23 heavy (non-hydrogen) atoms. The molecule has 0 fully saturated rings. The van der Waals surface area contributed by atoms with Crippen molar-refractivity contribution in [2.75, 3.05) is 6.61 Å². The minimum Gasteiger partial charge on any atom is -0.486 e. The fourth-order valence-corrected chi connectivity index (χ4v) is 2.67. The molecule has 120 valence electrons. The first kappa shape index (κ1) is 15.6. The van der Waals surface area contributed by atoms with Crippen molar-refractivity contribution in [3.05, 3.63) is 60.2 Å². The molecule has 0 bridgehead atoms. The molecule has 1 aliphatic rings. The molecule has 1 aliphatic heterocycles. The Hall–Kier alpha value is -2.27. The summed E-state index contributed by atoms with van der Waals surface area (Å²) in [5, 5.41) is 7.09. The zero-order chi connectivity index (χ0) is 16.1. The van der Waals surface area contributed by atoms with Gasteiger partial charge in [0.15, 0.2) is 22.7 Å². The molecule has 0 unspecified atom stereocenters. The smallest absolute Gasteiger partial charge is 0.166 e. The summed E-state index contributed by atoms with van der Waals surface area (Å²) in [4.78, 5) is 0. The molecule has 0 aliphatic carbocycles. The lowest BCUT2D eigenvalue weighted by molar-refractivity contribution is 0.0716. The van der Waals surface area contributed by atoms with Crippen LogP contribution in [0.5, 0.6) is 11.5 Å². The van der Waals surface area contributed by atoms with Crippen LogP contribution in [0, 0.1) is 0 Å². The maximum atomic E-state index is 5.98. The monoisotopic (exact) mass is 328 g/mol. The van der Waals surface area contributed by atoms with Gasteiger partial charge in [-0.3, -0.25) is 0 Å². The van der Waals surface area contributed by atoms with Gasteiger partial charge in [0.05, 0.1) is 6.04 Å². The number of thiocarbonyl (C=S) groups is 1. The van der Waals surface area contributed by atoms with Crippen LogP contribution in [0.15, 0.2) is 54.6 Å². The Morgan fingerprint density at radius 1 is 1.13 bits per heavy atom. The van der Waals surface area contributed by atoms with Gasteiger partial charge in [0.25, 0.3) is 0 Å².